The number of nitrogens with one attached hydrogen (secondary N) is 2. The van der Waals surface area contributed by atoms with Crippen LogP contribution in [0.15, 0.2) is 47.7 Å². The molecule has 2 aromatic rings. The third-order valence-corrected chi connectivity index (χ3v) is 4.52. The van der Waals surface area contributed by atoms with E-state index in [-0.39, 0.29) is 0 Å². The fraction of sp³-hybridized carbons (Fsp3) is 0.500. The molecule has 0 aliphatic carbocycles. The number of hydrogen-bond acceptors (Lipinski definition) is 4. The molecule has 1 aromatic carbocycles. The van der Waals surface area contributed by atoms with Gasteiger partial charge in [-0.3, -0.25) is 4.99 Å². The maximum Gasteiger partial charge on any atom is 0.191 e. The van der Waals surface area contributed by atoms with Crippen LogP contribution in [-0.4, -0.2) is 55.8 Å². The van der Waals surface area contributed by atoms with Gasteiger partial charge in [-0.15, -0.1) is 0 Å². The standard InChI is InChI=1S/C20H29N5O2/c1-21-20(22-9-3-12-26-15-18-8-13-27-16-18)23-14-17-4-6-19(7-5-17)25-11-2-10-24-25/h2,4-7,10-11,18H,3,8-9,12-16H2,1H3,(H2,21,22,23). The normalized spacial score (nSPS) is 17.2. The fourth-order valence-corrected chi connectivity index (χ4v) is 2.94. The second kappa shape index (κ2) is 10.7. The first-order valence-corrected chi connectivity index (χ1v) is 9.54. The number of nitrogens with zero attached hydrogens (tertiary/aromatic N) is 3. The van der Waals surface area contributed by atoms with Crippen LogP contribution in [0.25, 0.3) is 5.69 Å². The average Bonchev–Trinajstić information content (AvgIpc) is 3.41. The van der Waals surface area contributed by atoms with Gasteiger partial charge in [-0.2, -0.15) is 5.10 Å². The summed E-state index contributed by atoms with van der Waals surface area (Å²) in [6.45, 7) is 4.84. The minimum absolute atomic E-state index is 0.576. The van der Waals surface area contributed by atoms with E-state index in [4.69, 9.17) is 9.47 Å². The van der Waals surface area contributed by atoms with E-state index in [1.807, 2.05) is 16.9 Å². The van der Waals surface area contributed by atoms with E-state index >= 15 is 0 Å². The van der Waals surface area contributed by atoms with Crippen LogP contribution in [0.4, 0.5) is 0 Å². The summed E-state index contributed by atoms with van der Waals surface area (Å²) >= 11 is 0. The first-order valence-electron chi connectivity index (χ1n) is 9.54. The quantitative estimate of drug-likeness (QED) is 0.401. The van der Waals surface area contributed by atoms with E-state index in [0.717, 1.165) is 64.0 Å². The zero-order valence-corrected chi connectivity index (χ0v) is 15.9. The van der Waals surface area contributed by atoms with Crippen molar-refractivity contribution in [3.8, 4) is 5.69 Å². The molecule has 27 heavy (non-hydrogen) atoms. The van der Waals surface area contributed by atoms with Gasteiger partial charge in [0.05, 0.1) is 18.9 Å². The van der Waals surface area contributed by atoms with Crippen molar-refractivity contribution in [2.45, 2.75) is 19.4 Å². The number of aromatic nitrogens is 2. The first-order chi connectivity index (χ1) is 13.3. The Kier molecular flexibility index (Phi) is 7.68. The van der Waals surface area contributed by atoms with Crippen molar-refractivity contribution in [1.82, 2.24) is 20.4 Å². The van der Waals surface area contributed by atoms with E-state index in [1.165, 1.54) is 5.56 Å². The monoisotopic (exact) mass is 371 g/mol. The van der Waals surface area contributed by atoms with Crippen molar-refractivity contribution >= 4 is 5.96 Å². The summed E-state index contributed by atoms with van der Waals surface area (Å²) in [6, 6.07) is 10.2. The van der Waals surface area contributed by atoms with Gasteiger partial charge in [-0.05, 0) is 36.6 Å². The van der Waals surface area contributed by atoms with Gasteiger partial charge in [0.25, 0.3) is 0 Å². The Balaban J connectivity index is 1.30. The van der Waals surface area contributed by atoms with Crippen molar-refractivity contribution in [1.29, 1.82) is 0 Å². The smallest absolute Gasteiger partial charge is 0.191 e. The van der Waals surface area contributed by atoms with Crippen LogP contribution in [0.1, 0.15) is 18.4 Å². The maximum absolute atomic E-state index is 5.72. The van der Waals surface area contributed by atoms with Gasteiger partial charge in [0.2, 0.25) is 0 Å². The molecule has 7 nitrogen and oxygen atoms in total. The van der Waals surface area contributed by atoms with Crippen LogP contribution < -0.4 is 10.6 Å². The Hall–Kier alpha value is -2.38. The largest absolute Gasteiger partial charge is 0.381 e. The molecule has 0 radical (unpaired) electrons. The zero-order valence-electron chi connectivity index (χ0n) is 15.9. The molecule has 1 aliphatic heterocycles. The highest BCUT2D eigenvalue weighted by Gasteiger charge is 2.15. The Bertz CT molecular complexity index is 679. The Morgan fingerprint density at radius 2 is 2.22 bits per heavy atom. The van der Waals surface area contributed by atoms with Crippen molar-refractivity contribution in [3.63, 3.8) is 0 Å². The van der Waals surface area contributed by atoms with E-state index in [0.29, 0.717) is 5.92 Å². The van der Waals surface area contributed by atoms with Gasteiger partial charge in [0, 0.05) is 51.7 Å². The molecule has 1 aliphatic rings. The second-order valence-corrected chi connectivity index (χ2v) is 6.63. The van der Waals surface area contributed by atoms with Crippen LogP contribution in [0.3, 0.4) is 0 Å². The lowest BCUT2D eigenvalue weighted by Gasteiger charge is -2.13. The predicted octanol–water partition coefficient (Wildman–Crippen LogP) is 1.98. The van der Waals surface area contributed by atoms with Crippen LogP contribution in [-0.2, 0) is 16.0 Å². The number of hydrogen-bond donors (Lipinski definition) is 2. The number of aliphatic imine (C=N–C) groups is 1. The lowest BCUT2D eigenvalue weighted by Crippen LogP contribution is -2.37. The van der Waals surface area contributed by atoms with E-state index in [1.54, 1.807) is 13.2 Å². The Morgan fingerprint density at radius 3 is 2.93 bits per heavy atom. The second-order valence-electron chi connectivity index (χ2n) is 6.63. The maximum atomic E-state index is 5.72. The van der Waals surface area contributed by atoms with Gasteiger partial charge >= 0.3 is 0 Å². The average molecular weight is 371 g/mol. The molecular weight excluding hydrogens is 342 g/mol. The van der Waals surface area contributed by atoms with Gasteiger partial charge < -0.3 is 20.1 Å². The summed E-state index contributed by atoms with van der Waals surface area (Å²) in [5.74, 6) is 1.38. The summed E-state index contributed by atoms with van der Waals surface area (Å²) in [4.78, 5) is 4.27. The molecule has 0 amide bonds. The van der Waals surface area contributed by atoms with Crippen LogP contribution in [0.2, 0.25) is 0 Å². The summed E-state index contributed by atoms with van der Waals surface area (Å²) in [7, 11) is 1.78. The molecule has 1 fully saturated rings. The minimum atomic E-state index is 0.576. The number of ether oxygens (including phenoxy) is 2. The molecule has 0 spiro atoms. The van der Waals surface area contributed by atoms with Crippen LogP contribution >= 0.6 is 0 Å². The van der Waals surface area contributed by atoms with Crippen molar-refractivity contribution < 1.29 is 9.47 Å². The molecule has 2 heterocycles. The molecule has 0 bridgehead atoms. The SMILES string of the molecule is CN=C(NCCCOCC1CCOC1)NCc1ccc(-n2cccn2)cc1. The molecule has 1 aromatic heterocycles. The van der Waals surface area contributed by atoms with Gasteiger partial charge in [0.1, 0.15) is 0 Å². The molecule has 1 atom stereocenters. The number of guanidine groups is 1. The predicted molar refractivity (Wildman–Crippen MR) is 106 cm³/mol. The van der Waals surface area contributed by atoms with Crippen molar-refractivity contribution in [3.05, 3.63) is 48.3 Å². The number of rotatable bonds is 9. The molecule has 146 valence electrons. The van der Waals surface area contributed by atoms with Crippen LogP contribution in [0.5, 0.6) is 0 Å². The molecule has 1 saturated heterocycles. The van der Waals surface area contributed by atoms with E-state index < -0.39 is 0 Å². The van der Waals surface area contributed by atoms with E-state index in [9.17, 15) is 0 Å². The molecule has 7 heteroatoms. The molecule has 2 N–H and O–H groups in total. The molecule has 1 unspecified atom stereocenters. The third kappa shape index (κ3) is 6.37. The lowest BCUT2D eigenvalue weighted by molar-refractivity contribution is 0.0888. The fourth-order valence-electron chi connectivity index (χ4n) is 2.94. The van der Waals surface area contributed by atoms with Crippen LogP contribution in [0, 0.1) is 5.92 Å². The van der Waals surface area contributed by atoms with Gasteiger partial charge in [-0.1, -0.05) is 12.1 Å². The lowest BCUT2D eigenvalue weighted by atomic mass is 10.1. The number of benzene rings is 1. The molecule has 3 rings (SSSR count). The highest BCUT2D eigenvalue weighted by molar-refractivity contribution is 5.79. The summed E-state index contributed by atoms with van der Waals surface area (Å²) in [5.41, 5.74) is 2.24. The molecule has 0 saturated carbocycles. The summed E-state index contributed by atoms with van der Waals surface area (Å²) in [5, 5.41) is 10.9. The van der Waals surface area contributed by atoms with Crippen molar-refractivity contribution in [2.75, 3.05) is 40.0 Å². The van der Waals surface area contributed by atoms with E-state index in [2.05, 4.69) is 45.0 Å². The topological polar surface area (TPSA) is 72.7 Å². The highest BCUT2D eigenvalue weighted by Crippen LogP contribution is 2.12. The van der Waals surface area contributed by atoms with Crippen molar-refractivity contribution in [2.24, 2.45) is 10.9 Å². The molecular formula is C20H29N5O2. The Labute approximate surface area is 160 Å². The minimum Gasteiger partial charge on any atom is -0.381 e. The summed E-state index contributed by atoms with van der Waals surface area (Å²) in [6.07, 6.45) is 5.79. The zero-order chi connectivity index (χ0) is 18.7. The first kappa shape index (κ1) is 19.4. The summed E-state index contributed by atoms with van der Waals surface area (Å²) < 4.78 is 12.9. The highest BCUT2D eigenvalue weighted by atomic mass is 16.5. The Morgan fingerprint density at radius 1 is 1.33 bits per heavy atom. The third-order valence-electron chi connectivity index (χ3n) is 4.52. The van der Waals surface area contributed by atoms with Gasteiger partial charge in [-0.25, -0.2) is 4.68 Å². The van der Waals surface area contributed by atoms with Gasteiger partial charge in [0.15, 0.2) is 5.96 Å².